The number of amides is 1. The van der Waals surface area contributed by atoms with Gasteiger partial charge < -0.3 is 15.8 Å². The van der Waals surface area contributed by atoms with E-state index in [-0.39, 0.29) is 17.4 Å². The molecule has 0 aromatic rings. The molecule has 2 unspecified atom stereocenters. The van der Waals surface area contributed by atoms with Crippen LogP contribution in [0.5, 0.6) is 0 Å². The monoisotopic (exact) mass is 239 g/mol. The molecule has 0 aliphatic heterocycles. The van der Waals surface area contributed by atoms with Gasteiger partial charge in [-0.2, -0.15) is 5.26 Å². The zero-order valence-corrected chi connectivity index (χ0v) is 10.7. The van der Waals surface area contributed by atoms with E-state index in [0.29, 0.717) is 26.0 Å². The molecule has 17 heavy (non-hydrogen) atoms. The Bertz CT molecular complexity index is 335. The van der Waals surface area contributed by atoms with Gasteiger partial charge in [0.25, 0.3) is 0 Å². The van der Waals surface area contributed by atoms with Crippen molar-refractivity contribution in [1.29, 1.82) is 5.26 Å². The van der Waals surface area contributed by atoms with Crippen molar-refractivity contribution < 1.29 is 9.53 Å². The van der Waals surface area contributed by atoms with Gasteiger partial charge in [0, 0.05) is 25.0 Å². The first kappa shape index (κ1) is 13.9. The second kappa shape index (κ2) is 5.03. The molecule has 1 aliphatic rings. The fourth-order valence-electron chi connectivity index (χ4n) is 2.21. The SMILES string of the molecule is CCOC1CC(N)(C(=O)NCCC#N)C1(C)C. The number of ether oxygens (including phenoxy) is 1. The molecule has 3 N–H and O–H groups in total. The molecule has 0 saturated heterocycles. The van der Waals surface area contributed by atoms with Crippen molar-refractivity contribution in [3.63, 3.8) is 0 Å². The molecule has 1 saturated carbocycles. The van der Waals surface area contributed by atoms with Gasteiger partial charge in [0.15, 0.2) is 0 Å². The zero-order valence-electron chi connectivity index (χ0n) is 10.7. The molecule has 0 aromatic carbocycles. The molecular weight excluding hydrogens is 218 g/mol. The van der Waals surface area contributed by atoms with E-state index in [1.54, 1.807) is 0 Å². The average Bonchev–Trinajstić information content (AvgIpc) is 2.28. The normalized spacial score (nSPS) is 30.2. The quantitative estimate of drug-likeness (QED) is 0.686. The van der Waals surface area contributed by atoms with Gasteiger partial charge >= 0.3 is 0 Å². The molecular formula is C12H21N3O2. The Kier molecular flexibility index (Phi) is 4.12. The van der Waals surface area contributed by atoms with Gasteiger partial charge in [0.2, 0.25) is 5.91 Å². The Labute approximate surface area is 102 Å². The molecule has 0 heterocycles. The second-order valence-corrected chi connectivity index (χ2v) is 5.01. The Morgan fingerprint density at radius 1 is 1.65 bits per heavy atom. The van der Waals surface area contributed by atoms with Crippen molar-refractivity contribution in [1.82, 2.24) is 5.32 Å². The summed E-state index contributed by atoms with van der Waals surface area (Å²) in [7, 11) is 0. The molecule has 0 radical (unpaired) electrons. The Morgan fingerprint density at radius 2 is 2.29 bits per heavy atom. The molecule has 1 rings (SSSR count). The van der Waals surface area contributed by atoms with Gasteiger partial charge in [0.05, 0.1) is 18.6 Å². The average molecular weight is 239 g/mol. The summed E-state index contributed by atoms with van der Waals surface area (Å²) in [6, 6.07) is 1.98. The maximum absolute atomic E-state index is 12.0. The van der Waals surface area contributed by atoms with E-state index in [9.17, 15) is 4.79 Å². The van der Waals surface area contributed by atoms with Gasteiger partial charge in [-0.05, 0) is 6.92 Å². The lowest BCUT2D eigenvalue weighted by molar-refractivity contribution is -0.170. The highest BCUT2D eigenvalue weighted by molar-refractivity contribution is 5.88. The highest BCUT2D eigenvalue weighted by Crippen LogP contribution is 2.49. The lowest BCUT2D eigenvalue weighted by Crippen LogP contribution is -2.75. The number of hydrogen-bond donors (Lipinski definition) is 2. The molecule has 0 spiro atoms. The number of nitrogens with zero attached hydrogens (tertiary/aromatic N) is 1. The zero-order chi connectivity index (χ0) is 13.1. The van der Waals surface area contributed by atoms with Gasteiger partial charge in [0.1, 0.15) is 5.54 Å². The summed E-state index contributed by atoms with van der Waals surface area (Å²) in [5.74, 6) is -0.186. The lowest BCUT2D eigenvalue weighted by Gasteiger charge is -2.57. The minimum atomic E-state index is -0.887. The summed E-state index contributed by atoms with van der Waals surface area (Å²) < 4.78 is 5.55. The smallest absolute Gasteiger partial charge is 0.240 e. The Morgan fingerprint density at radius 3 is 2.76 bits per heavy atom. The summed E-state index contributed by atoms with van der Waals surface area (Å²) in [4.78, 5) is 12.0. The molecule has 1 amide bonds. The predicted octanol–water partition coefficient (Wildman–Crippen LogP) is 0.549. The molecule has 1 fully saturated rings. The molecule has 0 aromatic heterocycles. The van der Waals surface area contributed by atoms with Crippen molar-refractivity contribution in [2.45, 2.75) is 45.3 Å². The van der Waals surface area contributed by atoms with Crippen LogP contribution in [0.2, 0.25) is 0 Å². The van der Waals surface area contributed by atoms with Crippen LogP contribution < -0.4 is 11.1 Å². The van der Waals surface area contributed by atoms with Crippen LogP contribution in [0.3, 0.4) is 0 Å². The summed E-state index contributed by atoms with van der Waals surface area (Å²) in [6.07, 6.45) is 0.864. The second-order valence-electron chi connectivity index (χ2n) is 5.01. The van der Waals surface area contributed by atoms with Crippen LogP contribution in [0, 0.1) is 16.7 Å². The largest absolute Gasteiger partial charge is 0.378 e. The van der Waals surface area contributed by atoms with Crippen molar-refractivity contribution in [3.8, 4) is 6.07 Å². The van der Waals surface area contributed by atoms with Gasteiger partial charge in [-0.1, -0.05) is 13.8 Å². The van der Waals surface area contributed by atoms with Gasteiger partial charge in [-0.3, -0.25) is 4.79 Å². The molecule has 1 aliphatic carbocycles. The van der Waals surface area contributed by atoms with Gasteiger partial charge in [-0.15, -0.1) is 0 Å². The fraction of sp³-hybridized carbons (Fsp3) is 0.833. The Hall–Kier alpha value is -1.12. The number of carbonyl (C=O) groups excluding carboxylic acids is 1. The van der Waals surface area contributed by atoms with Crippen molar-refractivity contribution in [3.05, 3.63) is 0 Å². The maximum atomic E-state index is 12.0. The van der Waals surface area contributed by atoms with Crippen molar-refractivity contribution in [2.24, 2.45) is 11.1 Å². The third-order valence-corrected chi connectivity index (χ3v) is 3.76. The van der Waals surface area contributed by atoms with Gasteiger partial charge in [-0.25, -0.2) is 0 Å². The minimum absolute atomic E-state index is 0.0271. The molecule has 2 atom stereocenters. The third kappa shape index (κ3) is 2.28. The Balaban J connectivity index is 2.59. The van der Waals surface area contributed by atoms with E-state index in [1.807, 2.05) is 26.8 Å². The van der Waals surface area contributed by atoms with Crippen LogP contribution in [0.25, 0.3) is 0 Å². The first-order chi connectivity index (χ1) is 7.90. The number of nitrogens with one attached hydrogen (secondary N) is 1. The van der Waals surface area contributed by atoms with E-state index in [4.69, 9.17) is 15.7 Å². The van der Waals surface area contributed by atoms with E-state index >= 15 is 0 Å². The lowest BCUT2D eigenvalue weighted by atomic mass is 9.54. The first-order valence-corrected chi connectivity index (χ1v) is 5.96. The van der Waals surface area contributed by atoms with E-state index in [2.05, 4.69) is 5.32 Å². The topological polar surface area (TPSA) is 88.1 Å². The van der Waals surface area contributed by atoms with E-state index < -0.39 is 5.54 Å². The maximum Gasteiger partial charge on any atom is 0.240 e. The standard InChI is InChI=1S/C12H21N3O2/c1-4-17-9-8-12(14,11(9,2)3)10(16)15-7-5-6-13/h9H,4-5,7-8,14H2,1-3H3,(H,15,16). The van der Waals surface area contributed by atoms with E-state index in [1.165, 1.54) is 0 Å². The highest BCUT2D eigenvalue weighted by Gasteiger charge is 2.62. The molecule has 0 bridgehead atoms. The summed E-state index contributed by atoms with van der Waals surface area (Å²) in [6.45, 7) is 6.80. The summed E-state index contributed by atoms with van der Waals surface area (Å²) >= 11 is 0. The van der Waals surface area contributed by atoms with E-state index in [0.717, 1.165) is 0 Å². The number of rotatable bonds is 5. The minimum Gasteiger partial charge on any atom is -0.378 e. The van der Waals surface area contributed by atoms with Crippen LogP contribution in [0.1, 0.15) is 33.6 Å². The van der Waals surface area contributed by atoms with Crippen LogP contribution >= 0.6 is 0 Å². The van der Waals surface area contributed by atoms with Crippen LogP contribution in [0.15, 0.2) is 0 Å². The number of nitriles is 1. The molecule has 5 nitrogen and oxygen atoms in total. The first-order valence-electron chi connectivity index (χ1n) is 5.96. The number of carbonyl (C=O) groups is 1. The number of hydrogen-bond acceptors (Lipinski definition) is 4. The van der Waals surface area contributed by atoms with Crippen molar-refractivity contribution >= 4 is 5.91 Å². The van der Waals surface area contributed by atoms with Crippen LogP contribution in [-0.4, -0.2) is 30.7 Å². The summed E-state index contributed by atoms with van der Waals surface area (Å²) in [5, 5.41) is 11.1. The van der Waals surface area contributed by atoms with Crippen molar-refractivity contribution in [2.75, 3.05) is 13.2 Å². The van der Waals surface area contributed by atoms with Crippen LogP contribution in [0.4, 0.5) is 0 Å². The molecule has 5 heteroatoms. The molecule has 96 valence electrons. The van der Waals surface area contributed by atoms with Crippen LogP contribution in [-0.2, 0) is 9.53 Å². The highest BCUT2D eigenvalue weighted by atomic mass is 16.5. The number of nitrogens with two attached hydrogens (primary N) is 1. The fourth-order valence-corrected chi connectivity index (χ4v) is 2.21. The summed E-state index contributed by atoms with van der Waals surface area (Å²) in [5.41, 5.74) is 4.89. The predicted molar refractivity (Wildman–Crippen MR) is 64.0 cm³/mol. The third-order valence-electron chi connectivity index (χ3n) is 3.76.